The summed E-state index contributed by atoms with van der Waals surface area (Å²) in [5.41, 5.74) is 1.94. The fourth-order valence-electron chi connectivity index (χ4n) is 7.59. The Kier molecular flexibility index (Phi) is 3.32. The number of hydrogen-bond donors (Lipinski definition) is 2. The van der Waals surface area contributed by atoms with E-state index in [0.29, 0.717) is 6.42 Å². The molecule has 3 fully saturated rings. The number of para-hydroxylation sites is 1. The van der Waals surface area contributed by atoms with Crippen LogP contribution >= 0.6 is 0 Å². The molecule has 0 radical (unpaired) electrons. The van der Waals surface area contributed by atoms with E-state index >= 15 is 0 Å². The summed E-state index contributed by atoms with van der Waals surface area (Å²) in [6.07, 6.45) is 4.29. The Morgan fingerprint density at radius 2 is 2.04 bits per heavy atom. The SMILES string of the molecule is CO.COC(=O)[C@@H]1C[C@]23CC[C@@]14Nc1ccccc1[C@@]41CCN(C(=O)C2)[C@@H]31. The van der Waals surface area contributed by atoms with E-state index in [0.717, 1.165) is 45.0 Å². The maximum atomic E-state index is 12.8. The van der Waals surface area contributed by atoms with Crippen LogP contribution in [0, 0.1) is 11.3 Å². The summed E-state index contributed by atoms with van der Waals surface area (Å²) < 4.78 is 5.24. The fraction of sp³-hybridized carbons (Fsp3) is 0.619. The number of aliphatic hydroxyl groups is 1. The van der Waals surface area contributed by atoms with Gasteiger partial charge in [-0.15, -0.1) is 0 Å². The number of amides is 1. The summed E-state index contributed by atoms with van der Waals surface area (Å²) in [5.74, 6) is -0.0108. The minimum Gasteiger partial charge on any atom is -0.469 e. The quantitative estimate of drug-likeness (QED) is 0.736. The van der Waals surface area contributed by atoms with Gasteiger partial charge in [-0.1, -0.05) is 18.2 Å². The third-order valence-electron chi connectivity index (χ3n) is 8.20. The summed E-state index contributed by atoms with van der Waals surface area (Å²) in [6.45, 7) is 0.816. The van der Waals surface area contributed by atoms with Crippen LogP contribution in [-0.4, -0.2) is 54.2 Å². The van der Waals surface area contributed by atoms with Crippen molar-refractivity contribution in [2.75, 3.05) is 26.1 Å². The highest BCUT2D eigenvalue weighted by atomic mass is 16.5. The Morgan fingerprint density at radius 1 is 1.26 bits per heavy atom. The average Bonchev–Trinajstić information content (AvgIpc) is 3.34. The van der Waals surface area contributed by atoms with E-state index < -0.39 is 0 Å². The number of nitrogens with one attached hydrogen (secondary N) is 1. The van der Waals surface area contributed by atoms with E-state index in [1.807, 2.05) is 0 Å². The highest BCUT2D eigenvalue weighted by Crippen LogP contribution is 2.75. The molecule has 0 bridgehead atoms. The van der Waals surface area contributed by atoms with Crippen LogP contribution in [0.1, 0.15) is 37.7 Å². The zero-order valence-electron chi connectivity index (χ0n) is 15.8. The first-order valence-electron chi connectivity index (χ1n) is 9.78. The minimum absolute atomic E-state index is 0.0622. The van der Waals surface area contributed by atoms with Gasteiger partial charge in [0.1, 0.15) is 0 Å². The topological polar surface area (TPSA) is 78.9 Å². The van der Waals surface area contributed by atoms with Crippen molar-refractivity contribution < 1.29 is 19.4 Å². The van der Waals surface area contributed by atoms with Gasteiger partial charge in [0, 0.05) is 42.6 Å². The molecule has 1 saturated carbocycles. The lowest BCUT2D eigenvalue weighted by molar-refractivity contribution is -0.161. The first-order valence-corrected chi connectivity index (χ1v) is 9.78. The van der Waals surface area contributed by atoms with Gasteiger partial charge in [0.15, 0.2) is 0 Å². The Hall–Kier alpha value is -2.08. The number of anilines is 1. The molecule has 3 spiro atoms. The monoisotopic (exact) mass is 370 g/mol. The van der Waals surface area contributed by atoms with Gasteiger partial charge < -0.3 is 20.1 Å². The second-order valence-electron chi connectivity index (χ2n) is 8.67. The molecule has 5 atom stereocenters. The minimum atomic E-state index is -0.310. The summed E-state index contributed by atoms with van der Waals surface area (Å²) in [4.78, 5) is 27.8. The number of aliphatic hydroxyl groups excluding tert-OH is 1. The summed E-state index contributed by atoms with van der Waals surface area (Å²) in [6, 6.07) is 8.73. The van der Waals surface area contributed by atoms with E-state index in [2.05, 4.69) is 34.5 Å². The smallest absolute Gasteiger partial charge is 0.311 e. The van der Waals surface area contributed by atoms with Gasteiger partial charge in [0.05, 0.1) is 18.6 Å². The van der Waals surface area contributed by atoms with Crippen LogP contribution in [0.5, 0.6) is 0 Å². The third kappa shape index (κ3) is 1.63. The molecule has 3 aliphatic heterocycles. The lowest BCUT2D eigenvalue weighted by Gasteiger charge is -2.64. The number of carbonyl (C=O) groups excluding carboxylic acids is 2. The van der Waals surface area contributed by atoms with Crippen LogP contribution in [0.15, 0.2) is 24.3 Å². The van der Waals surface area contributed by atoms with Gasteiger partial charge in [-0.25, -0.2) is 0 Å². The average molecular weight is 370 g/mol. The van der Waals surface area contributed by atoms with Gasteiger partial charge in [-0.2, -0.15) is 0 Å². The van der Waals surface area contributed by atoms with Gasteiger partial charge in [-0.05, 0) is 37.3 Å². The van der Waals surface area contributed by atoms with E-state index in [1.165, 1.54) is 12.7 Å². The molecule has 6 heteroatoms. The number of methoxy groups -OCH3 is 1. The molecule has 2 N–H and O–H groups in total. The van der Waals surface area contributed by atoms with Crippen LogP contribution in [0.4, 0.5) is 5.69 Å². The summed E-state index contributed by atoms with van der Waals surface area (Å²) >= 11 is 0. The molecule has 0 unspecified atom stereocenters. The van der Waals surface area contributed by atoms with Crippen molar-refractivity contribution in [3.8, 4) is 0 Å². The molecular weight excluding hydrogens is 344 g/mol. The molecule has 5 rings (SSSR count). The molecule has 27 heavy (non-hydrogen) atoms. The van der Waals surface area contributed by atoms with Crippen LogP contribution in [-0.2, 0) is 19.7 Å². The number of hydrogen-bond acceptors (Lipinski definition) is 5. The highest BCUT2D eigenvalue weighted by molar-refractivity contribution is 5.87. The van der Waals surface area contributed by atoms with Crippen LogP contribution < -0.4 is 5.32 Å². The predicted molar refractivity (Wildman–Crippen MR) is 99.1 cm³/mol. The zero-order valence-corrected chi connectivity index (χ0v) is 15.8. The first-order chi connectivity index (χ1) is 13.1. The maximum absolute atomic E-state index is 12.8. The third-order valence-corrected chi connectivity index (χ3v) is 8.20. The maximum Gasteiger partial charge on any atom is 0.311 e. The lowest BCUT2D eigenvalue weighted by Crippen LogP contribution is -2.74. The molecule has 2 saturated heterocycles. The summed E-state index contributed by atoms with van der Waals surface area (Å²) in [7, 11) is 2.49. The van der Waals surface area contributed by atoms with Gasteiger partial charge in [0.25, 0.3) is 0 Å². The number of esters is 1. The number of benzene rings is 1. The van der Waals surface area contributed by atoms with E-state index in [1.54, 1.807) is 0 Å². The standard InChI is InChI=1S/C20H22N2O3.CH4O/c1-25-16(24)13-10-18-6-7-20(13)19(12-4-2-3-5-14(12)21-20)8-9-22(17(18)19)15(23)11-18;1-2/h2-5,13,17,21H,6-11H2,1H3;2H,1H3/t13-,17-,18+,19+,20+;/m0./s1. The van der Waals surface area contributed by atoms with Crippen molar-refractivity contribution in [1.82, 2.24) is 4.90 Å². The molecule has 3 heterocycles. The fourth-order valence-corrected chi connectivity index (χ4v) is 7.59. The largest absolute Gasteiger partial charge is 0.469 e. The molecular formula is C21H26N2O4. The Labute approximate surface area is 158 Å². The number of fused-ring (bicyclic) bond motifs is 6. The predicted octanol–water partition coefficient (Wildman–Crippen LogP) is 1.67. The van der Waals surface area contributed by atoms with E-state index in [4.69, 9.17) is 9.84 Å². The normalized spacial score (nSPS) is 41.9. The highest BCUT2D eigenvalue weighted by Gasteiger charge is 2.81. The second-order valence-corrected chi connectivity index (χ2v) is 8.67. The Balaban J connectivity index is 0.000000777. The molecule has 144 valence electrons. The number of ether oxygens (including phenoxy) is 1. The van der Waals surface area contributed by atoms with E-state index in [-0.39, 0.29) is 40.2 Å². The van der Waals surface area contributed by atoms with Crippen LogP contribution in [0.3, 0.4) is 0 Å². The molecule has 1 aromatic rings. The zero-order chi connectivity index (χ0) is 19.0. The lowest BCUT2D eigenvalue weighted by atomic mass is 9.40. The van der Waals surface area contributed by atoms with Gasteiger partial charge >= 0.3 is 5.97 Å². The molecule has 1 aromatic carbocycles. The molecule has 6 nitrogen and oxygen atoms in total. The molecule has 1 aliphatic carbocycles. The van der Waals surface area contributed by atoms with Crippen LogP contribution in [0.25, 0.3) is 0 Å². The molecule has 1 amide bonds. The van der Waals surface area contributed by atoms with Crippen LogP contribution in [0.2, 0.25) is 0 Å². The van der Waals surface area contributed by atoms with Crippen molar-refractivity contribution in [2.45, 2.75) is 49.1 Å². The molecule has 0 aromatic heterocycles. The van der Waals surface area contributed by atoms with Gasteiger partial charge in [-0.3, -0.25) is 9.59 Å². The second kappa shape index (κ2) is 5.25. The number of rotatable bonds is 1. The number of nitrogens with zero attached hydrogens (tertiary/aromatic N) is 1. The Bertz CT molecular complexity index is 841. The number of carbonyl (C=O) groups is 2. The van der Waals surface area contributed by atoms with Gasteiger partial charge in [0.2, 0.25) is 5.91 Å². The van der Waals surface area contributed by atoms with Crippen molar-refractivity contribution in [1.29, 1.82) is 0 Å². The van der Waals surface area contributed by atoms with E-state index in [9.17, 15) is 9.59 Å². The van der Waals surface area contributed by atoms with Crippen molar-refractivity contribution >= 4 is 17.6 Å². The summed E-state index contributed by atoms with van der Waals surface area (Å²) in [5, 5.41) is 10.8. The van der Waals surface area contributed by atoms with Crippen molar-refractivity contribution in [3.05, 3.63) is 29.8 Å². The Morgan fingerprint density at radius 3 is 2.81 bits per heavy atom. The van der Waals surface area contributed by atoms with Crippen molar-refractivity contribution in [3.63, 3.8) is 0 Å². The first kappa shape index (κ1) is 17.0. The van der Waals surface area contributed by atoms with Crippen molar-refractivity contribution in [2.24, 2.45) is 11.3 Å². The molecule has 4 aliphatic rings.